The van der Waals surface area contributed by atoms with E-state index in [4.69, 9.17) is 0 Å². The first-order valence-electron chi connectivity index (χ1n) is 13.8. The van der Waals surface area contributed by atoms with Crippen molar-refractivity contribution in [1.29, 1.82) is 0 Å². The maximum atomic E-state index is 12.8. The predicted molar refractivity (Wildman–Crippen MR) is 163 cm³/mol. The van der Waals surface area contributed by atoms with Crippen molar-refractivity contribution in [2.75, 3.05) is 6.54 Å². The quantitative estimate of drug-likeness (QED) is 0.206. The third kappa shape index (κ3) is 7.08. The first kappa shape index (κ1) is 30.7. The van der Waals surface area contributed by atoms with Crippen molar-refractivity contribution in [3.05, 3.63) is 105 Å². The molecule has 12 heteroatoms. The molecule has 3 aromatic carbocycles. The Kier molecular flexibility index (Phi) is 8.73. The summed E-state index contributed by atoms with van der Waals surface area (Å²) in [5.74, 6) is 0.171. The summed E-state index contributed by atoms with van der Waals surface area (Å²) in [4.78, 5) is 22.2. The molecule has 0 aliphatic rings. The van der Waals surface area contributed by atoms with Crippen LogP contribution in [0.2, 0.25) is 0 Å². The standard InChI is InChI=1S/C32H31F3N6O2S/c1-19-14-20(2)28(21(3)15-19)41-23(5)17-44-31(41)38-30(42)36-16-22(4)24-6-8-25(9-7-24)29-37-18-40(39-29)26-10-12-27(13-11-26)43-32(33,34)35/h6-15,17-18,22H,16H2,1-5H3,(H,36,42)/b38-31-. The van der Waals surface area contributed by atoms with E-state index in [9.17, 15) is 18.0 Å². The Morgan fingerprint density at radius 2 is 1.68 bits per heavy atom. The number of hydrogen-bond donors (Lipinski definition) is 1. The van der Waals surface area contributed by atoms with Gasteiger partial charge < -0.3 is 10.1 Å². The van der Waals surface area contributed by atoms with Gasteiger partial charge in [0.05, 0.1) is 11.4 Å². The first-order valence-corrected chi connectivity index (χ1v) is 14.7. The number of alkyl halides is 3. The molecule has 44 heavy (non-hydrogen) atoms. The van der Waals surface area contributed by atoms with Gasteiger partial charge in [-0.05, 0) is 74.6 Å². The van der Waals surface area contributed by atoms with Crippen LogP contribution >= 0.6 is 11.3 Å². The van der Waals surface area contributed by atoms with Crippen LogP contribution in [-0.2, 0) is 0 Å². The minimum atomic E-state index is -4.75. The number of carbonyl (C=O) groups excluding carboxylic acids is 1. The van der Waals surface area contributed by atoms with Gasteiger partial charge in [0.15, 0.2) is 10.6 Å². The number of ether oxygens (including phenoxy) is 1. The van der Waals surface area contributed by atoms with Gasteiger partial charge in [-0.15, -0.1) is 29.6 Å². The second-order valence-corrected chi connectivity index (χ2v) is 11.5. The van der Waals surface area contributed by atoms with Crippen molar-refractivity contribution in [2.24, 2.45) is 4.99 Å². The van der Waals surface area contributed by atoms with Crippen molar-refractivity contribution in [3.8, 4) is 28.5 Å². The highest BCUT2D eigenvalue weighted by Crippen LogP contribution is 2.25. The average molecular weight is 621 g/mol. The van der Waals surface area contributed by atoms with E-state index in [1.54, 1.807) is 0 Å². The van der Waals surface area contributed by atoms with Crippen LogP contribution in [0.1, 0.15) is 40.8 Å². The number of urea groups is 1. The lowest BCUT2D eigenvalue weighted by atomic mass is 10.00. The van der Waals surface area contributed by atoms with E-state index in [-0.39, 0.29) is 11.7 Å². The second-order valence-electron chi connectivity index (χ2n) is 10.6. The van der Waals surface area contributed by atoms with Crippen LogP contribution in [0.5, 0.6) is 5.75 Å². The summed E-state index contributed by atoms with van der Waals surface area (Å²) < 4.78 is 44.7. The molecule has 1 atom stereocenters. The summed E-state index contributed by atoms with van der Waals surface area (Å²) in [6, 6.07) is 16.9. The van der Waals surface area contributed by atoms with Crippen molar-refractivity contribution >= 4 is 17.4 Å². The first-order chi connectivity index (χ1) is 20.9. The summed E-state index contributed by atoms with van der Waals surface area (Å²) in [5, 5.41) is 9.37. The van der Waals surface area contributed by atoms with Crippen LogP contribution < -0.4 is 14.9 Å². The highest BCUT2D eigenvalue weighted by molar-refractivity contribution is 7.07. The Hall–Kier alpha value is -4.71. The van der Waals surface area contributed by atoms with Gasteiger partial charge in [0.25, 0.3) is 0 Å². The molecule has 2 aromatic heterocycles. The van der Waals surface area contributed by atoms with E-state index in [1.165, 1.54) is 52.2 Å². The van der Waals surface area contributed by atoms with E-state index >= 15 is 0 Å². The van der Waals surface area contributed by atoms with Crippen LogP contribution in [-0.4, -0.2) is 38.3 Å². The Balaban J connectivity index is 1.23. The maximum absolute atomic E-state index is 12.8. The number of benzene rings is 3. The van der Waals surface area contributed by atoms with E-state index in [1.807, 2.05) is 48.1 Å². The normalized spacial score (nSPS) is 12.8. The van der Waals surface area contributed by atoms with Gasteiger partial charge in [-0.25, -0.2) is 14.5 Å². The lowest BCUT2D eigenvalue weighted by Gasteiger charge is -2.14. The molecule has 1 N–H and O–H groups in total. The number of rotatable bonds is 7. The molecule has 5 rings (SSSR count). The van der Waals surface area contributed by atoms with Gasteiger partial charge in [0.2, 0.25) is 0 Å². The number of carbonyl (C=O) groups is 1. The molecule has 0 saturated carbocycles. The van der Waals surface area contributed by atoms with Gasteiger partial charge in [-0.1, -0.05) is 48.9 Å². The van der Waals surface area contributed by atoms with Gasteiger partial charge in [0.1, 0.15) is 12.1 Å². The van der Waals surface area contributed by atoms with Crippen LogP contribution in [0.15, 0.2) is 77.4 Å². The third-order valence-electron chi connectivity index (χ3n) is 7.06. The minimum absolute atomic E-state index is 0.0185. The molecule has 1 unspecified atom stereocenters. The Labute approximate surface area is 256 Å². The molecule has 8 nitrogen and oxygen atoms in total. The number of thiazole rings is 1. The molecule has 0 fully saturated rings. The highest BCUT2D eigenvalue weighted by Gasteiger charge is 2.31. The lowest BCUT2D eigenvalue weighted by Crippen LogP contribution is -2.28. The van der Waals surface area contributed by atoms with E-state index in [0.717, 1.165) is 33.6 Å². The molecule has 0 bridgehead atoms. The van der Waals surface area contributed by atoms with Crippen molar-refractivity contribution < 1.29 is 22.7 Å². The summed E-state index contributed by atoms with van der Waals surface area (Å²) >= 11 is 1.43. The number of nitrogens with one attached hydrogen (secondary N) is 1. The van der Waals surface area contributed by atoms with E-state index in [2.05, 4.69) is 58.0 Å². The van der Waals surface area contributed by atoms with Crippen molar-refractivity contribution in [1.82, 2.24) is 24.6 Å². The molecule has 0 aliphatic carbocycles. The molecule has 0 radical (unpaired) electrons. The summed E-state index contributed by atoms with van der Waals surface area (Å²) in [7, 11) is 0. The van der Waals surface area contributed by atoms with Crippen LogP contribution in [0.4, 0.5) is 18.0 Å². The topological polar surface area (TPSA) is 86.3 Å². The smallest absolute Gasteiger partial charge is 0.406 e. The van der Waals surface area contributed by atoms with Crippen LogP contribution in [0.25, 0.3) is 22.8 Å². The lowest BCUT2D eigenvalue weighted by molar-refractivity contribution is -0.274. The van der Waals surface area contributed by atoms with E-state index in [0.29, 0.717) is 22.9 Å². The predicted octanol–water partition coefficient (Wildman–Crippen LogP) is 7.33. The number of halogens is 3. The minimum Gasteiger partial charge on any atom is -0.406 e. The Morgan fingerprint density at radius 3 is 2.32 bits per heavy atom. The van der Waals surface area contributed by atoms with Gasteiger partial charge in [0, 0.05) is 23.2 Å². The summed E-state index contributed by atoms with van der Waals surface area (Å²) in [6.45, 7) is 10.6. The molecule has 0 aliphatic heterocycles. The van der Waals surface area contributed by atoms with Gasteiger partial charge >= 0.3 is 12.4 Å². The SMILES string of the molecule is Cc1cc(C)c(-n2c(C)cs/c2=N\C(=O)NCC(C)c2ccc(-c3ncn(-c4ccc(OC(F)(F)F)cc4)n3)cc2)c(C)c1. The number of nitrogens with zero attached hydrogens (tertiary/aromatic N) is 5. The zero-order valence-electron chi connectivity index (χ0n) is 24.8. The van der Waals surface area contributed by atoms with E-state index < -0.39 is 12.4 Å². The second kappa shape index (κ2) is 12.5. The molecule has 228 valence electrons. The molecule has 5 aromatic rings. The molecule has 2 heterocycles. The average Bonchev–Trinajstić information content (AvgIpc) is 3.59. The summed E-state index contributed by atoms with van der Waals surface area (Å²) in [5.41, 5.74) is 7.82. The van der Waals surface area contributed by atoms with Crippen LogP contribution in [0.3, 0.4) is 0 Å². The van der Waals surface area contributed by atoms with Crippen LogP contribution in [0, 0.1) is 27.7 Å². The zero-order chi connectivity index (χ0) is 31.6. The number of hydrogen-bond acceptors (Lipinski definition) is 5. The fourth-order valence-electron chi connectivity index (χ4n) is 5.03. The fourth-order valence-corrected chi connectivity index (χ4v) is 5.89. The maximum Gasteiger partial charge on any atom is 0.573 e. The summed E-state index contributed by atoms with van der Waals surface area (Å²) in [6.07, 6.45) is -3.26. The van der Waals surface area contributed by atoms with Gasteiger partial charge in [-0.2, -0.15) is 4.99 Å². The number of aryl methyl sites for hydroxylation is 4. The highest BCUT2D eigenvalue weighted by atomic mass is 32.1. The molecular formula is C32H31F3N6O2S. The molecular weight excluding hydrogens is 589 g/mol. The zero-order valence-corrected chi connectivity index (χ0v) is 25.6. The number of aromatic nitrogens is 4. The van der Waals surface area contributed by atoms with Crippen molar-refractivity contribution in [3.63, 3.8) is 0 Å². The molecule has 0 saturated heterocycles. The molecule has 0 spiro atoms. The van der Waals surface area contributed by atoms with Crippen molar-refractivity contribution in [2.45, 2.75) is 46.9 Å². The monoisotopic (exact) mass is 620 g/mol. The largest absolute Gasteiger partial charge is 0.573 e. The van der Waals surface area contributed by atoms with Gasteiger partial charge in [-0.3, -0.25) is 4.57 Å². The molecule has 2 amide bonds. The third-order valence-corrected chi connectivity index (χ3v) is 8.00. The number of amides is 2. The Morgan fingerprint density at radius 1 is 1.02 bits per heavy atom. The Bertz CT molecular complexity index is 1830. The fraction of sp³-hybridized carbons (Fsp3) is 0.250.